The van der Waals surface area contributed by atoms with Gasteiger partial charge in [0.25, 0.3) is 0 Å². The van der Waals surface area contributed by atoms with Crippen molar-refractivity contribution >= 4 is 5.91 Å². The van der Waals surface area contributed by atoms with E-state index in [1.807, 2.05) is 33.0 Å². The molecule has 0 saturated carbocycles. The standard InChI is InChI=1S/C14H22N2O2/c1-11-6-5-8-15-13(11)10-12(2)16(3)14(17)7-9-18-4/h5-6,8,12H,7,9-10H2,1-4H3. The molecule has 1 unspecified atom stereocenters. The molecule has 0 radical (unpaired) electrons. The maximum Gasteiger partial charge on any atom is 0.224 e. The number of amides is 1. The maximum atomic E-state index is 11.8. The van der Waals surface area contributed by atoms with Gasteiger partial charge in [0.15, 0.2) is 0 Å². The van der Waals surface area contributed by atoms with Crippen molar-refractivity contribution < 1.29 is 9.53 Å². The van der Waals surface area contributed by atoms with Gasteiger partial charge >= 0.3 is 0 Å². The highest BCUT2D eigenvalue weighted by atomic mass is 16.5. The SMILES string of the molecule is COCCC(=O)N(C)C(C)Cc1ncccc1C. The molecular formula is C14H22N2O2. The van der Waals surface area contributed by atoms with Crippen molar-refractivity contribution in [3.05, 3.63) is 29.6 Å². The fraction of sp³-hybridized carbons (Fsp3) is 0.571. The van der Waals surface area contributed by atoms with Gasteiger partial charge in [0.2, 0.25) is 5.91 Å². The monoisotopic (exact) mass is 250 g/mol. The van der Waals surface area contributed by atoms with Crippen LogP contribution in [-0.4, -0.2) is 42.6 Å². The Hall–Kier alpha value is -1.42. The van der Waals surface area contributed by atoms with Gasteiger partial charge in [-0.05, 0) is 25.5 Å². The third-order valence-corrected chi connectivity index (χ3v) is 3.18. The molecule has 0 aromatic carbocycles. The van der Waals surface area contributed by atoms with Crippen LogP contribution in [0.1, 0.15) is 24.6 Å². The van der Waals surface area contributed by atoms with Crippen molar-refractivity contribution in [1.29, 1.82) is 0 Å². The number of hydrogen-bond acceptors (Lipinski definition) is 3. The first-order valence-corrected chi connectivity index (χ1v) is 6.21. The van der Waals surface area contributed by atoms with E-state index in [-0.39, 0.29) is 11.9 Å². The zero-order valence-electron chi connectivity index (χ0n) is 11.6. The summed E-state index contributed by atoms with van der Waals surface area (Å²) in [4.78, 5) is 18.0. The molecule has 0 aliphatic heterocycles. The first-order chi connectivity index (χ1) is 8.56. The molecule has 4 heteroatoms. The van der Waals surface area contributed by atoms with Gasteiger partial charge in [-0.25, -0.2) is 0 Å². The lowest BCUT2D eigenvalue weighted by atomic mass is 10.1. The topological polar surface area (TPSA) is 42.4 Å². The molecule has 18 heavy (non-hydrogen) atoms. The summed E-state index contributed by atoms with van der Waals surface area (Å²) >= 11 is 0. The van der Waals surface area contributed by atoms with Crippen LogP contribution in [0.2, 0.25) is 0 Å². The first-order valence-electron chi connectivity index (χ1n) is 6.21. The summed E-state index contributed by atoms with van der Waals surface area (Å²) < 4.78 is 4.92. The van der Waals surface area contributed by atoms with Crippen LogP contribution in [0.25, 0.3) is 0 Å². The number of aryl methyl sites for hydroxylation is 1. The number of aromatic nitrogens is 1. The van der Waals surface area contributed by atoms with Crippen LogP contribution in [0.3, 0.4) is 0 Å². The van der Waals surface area contributed by atoms with E-state index < -0.39 is 0 Å². The molecule has 1 atom stereocenters. The maximum absolute atomic E-state index is 11.8. The fourth-order valence-electron chi connectivity index (χ4n) is 1.76. The average molecular weight is 250 g/mol. The molecule has 4 nitrogen and oxygen atoms in total. The second-order valence-corrected chi connectivity index (χ2v) is 4.57. The number of methoxy groups -OCH3 is 1. The zero-order chi connectivity index (χ0) is 13.5. The molecule has 1 aromatic heterocycles. The smallest absolute Gasteiger partial charge is 0.224 e. The number of likely N-dealkylation sites (N-methyl/N-ethyl adjacent to an activating group) is 1. The predicted molar refractivity (Wildman–Crippen MR) is 71.4 cm³/mol. The highest BCUT2D eigenvalue weighted by Crippen LogP contribution is 2.10. The Balaban J connectivity index is 2.57. The average Bonchev–Trinajstić information content (AvgIpc) is 2.37. The van der Waals surface area contributed by atoms with Gasteiger partial charge in [-0.2, -0.15) is 0 Å². The first kappa shape index (κ1) is 14.6. The van der Waals surface area contributed by atoms with Crippen molar-refractivity contribution in [1.82, 2.24) is 9.88 Å². The molecular weight excluding hydrogens is 228 g/mol. The molecule has 0 aliphatic rings. The summed E-state index contributed by atoms with van der Waals surface area (Å²) in [5.74, 6) is 0.109. The summed E-state index contributed by atoms with van der Waals surface area (Å²) in [7, 11) is 3.44. The molecule has 1 amide bonds. The van der Waals surface area contributed by atoms with Crippen LogP contribution in [0.5, 0.6) is 0 Å². The molecule has 0 spiro atoms. The largest absolute Gasteiger partial charge is 0.384 e. The lowest BCUT2D eigenvalue weighted by molar-refractivity contribution is -0.132. The van der Waals surface area contributed by atoms with E-state index in [9.17, 15) is 4.79 Å². The third kappa shape index (κ3) is 4.11. The van der Waals surface area contributed by atoms with E-state index >= 15 is 0 Å². The van der Waals surface area contributed by atoms with Gasteiger partial charge in [-0.15, -0.1) is 0 Å². The van der Waals surface area contributed by atoms with Crippen LogP contribution in [0.15, 0.2) is 18.3 Å². The van der Waals surface area contributed by atoms with Crippen LogP contribution in [-0.2, 0) is 16.0 Å². The minimum atomic E-state index is 0.109. The van der Waals surface area contributed by atoms with Crippen LogP contribution >= 0.6 is 0 Å². The number of nitrogens with zero attached hydrogens (tertiary/aromatic N) is 2. The number of ether oxygens (including phenoxy) is 1. The molecule has 1 aromatic rings. The number of pyridine rings is 1. The fourth-order valence-corrected chi connectivity index (χ4v) is 1.76. The Morgan fingerprint density at radius 3 is 2.89 bits per heavy atom. The normalized spacial score (nSPS) is 12.2. The van der Waals surface area contributed by atoms with E-state index in [0.29, 0.717) is 13.0 Å². The Bertz CT molecular complexity index is 393. The number of hydrogen-bond donors (Lipinski definition) is 0. The van der Waals surface area contributed by atoms with E-state index in [1.54, 1.807) is 18.2 Å². The summed E-state index contributed by atoms with van der Waals surface area (Å²) in [5, 5.41) is 0. The van der Waals surface area contributed by atoms with Crippen LogP contribution in [0, 0.1) is 6.92 Å². The second kappa shape index (κ2) is 7.11. The van der Waals surface area contributed by atoms with Gasteiger partial charge in [-0.3, -0.25) is 9.78 Å². The number of carbonyl (C=O) groups is 1. The van der Waals surface area contributed by atoms with E-state index in [1.165, 1.54) is 5.56 Å². The van der Waals surface area contributed by atoms with Gasteiger partial charge in [0.05, 0.1) is 13.0 Å². The molecule has 1 heterocycles. The summed E-state index contributed by atoms with van der Waals surface area (Å²) in [6.45, 7) is 4.55. The van der Waals surface area contributed by atoms with Crippen molar-refractivity contribution in [3.8, 4) is 0 Å². The minimum Gasteiger partial charge on any atom is -0.384 e. The molecule has 100 valence electrons. The number of rotatable bonds is 6. The molecule has 0 aliphatic carbocycles. The molecule has 0 bridgehead atoms. The van der Waals surface area contributed by atoms with Crippen molar-refractivity contribution in [3.63, 3.8) is 0 Å². The molecule has 0 saturated heterocycles. The van der Waals surface area contributed by atoms with E-state index in [4.69, 9.17) is 4.74 Å². The third-order valence-electron chi connectivity index (χ3n) is 3.18. The van der Waals surface area contributed by atoms with E-state index in [2.05, 4.69) is 4.98 Å². The van der Waals surface area contributed by atoms with E-state index in [0.717, 1.165) is 12.1 Å². The lowest BCUT2D eigenvalue weighted by Gasteiger charge is -2.25. The Morgan fingerprint density at radius 1 is 1.56 bits per heavy atom. The van der Waals surface area contributed by atoms with Gasteiger partial charge < -0.3 is 9.64 Å². The summed E-state index contributed by atoms with van der Waals surface area (Å²) in [6, 6.07) is 4.11. The molecule has 1 rings (SSSR count). The second-order valence-electron chi connectivity index (χ2n) is 4.57. The lowest BCUT2D eigenvalue weighted by Crippen LogP contribution is -2.37. The predicted octanol–water partition coefficient (Wildman–Crippen LogP) is 1.82. The summed E-state index contributed by atoms with van der Waals surface area (Å²) in [5.41, 5.74) is 2.22. The van der Waals surface area contributed by atoms with Gasteiger partial charge in [-0.1, -0.05) is 6.07 Å². The quantitative estimate of drug-likeness (QED) is 0.773. The highest BCUT2D eigenvalue weighted by molar-refractivity contribution is 5.76. The minimum absolute atomic E-state index is 0.109. The van der Waals surface area contributed by atoms with Crippen molar-refractivity contribution in [2.24, 2.45) is 0 Å². The number of carbonyl (C=O) groups excluding carboxylic acids is 1. The molecule has 0 N–H and O–H groups in total. The Labute approximate surface area is 109 Å². The Morgan fingerprint density at radius 2 is 2.28 bits per heavy atom. The van der Waals surface area contributed by atoms with Crippen LogP contribution < -0.4 is 0 Å². The molecule has 0 fully saturated rings. The van der Waals surface area contributed by atoms with Crippen molar-refractivity contribution in [2.45, 2.75) is 32.7 Å². The highest BCUT2D eigenvalue weighted by Gasteiger charge is 2.16. The summed E-state index contributed by atoms with van der Waals surface area (Å²) in [6.07, 6.45) is 3.00. The van der Waals surface area contributed by atoms with Crippen molar-refractivity contribution in [2.75, 3.05) is 20.8 Å². The van der Waals surface area contributed by atoms with Gasteiger partial charge in [0.1, 0.15) is 0 Å². The zero-order valence-corrected chi connectivity index (χ0v) is 11.6. The van der Waals surface area contributed by atoms with Gasteiger partial charge in [0, 0.05) is 38.5 Å². The van der Waals surface area contributed by atoms with Crippen LogP contribution in [0.4, 0.5) is 0 Å². The Kier molecular flexibility index (Phi) is 5.78.